The van der Waals surface area contributed by atoms with Gasteiger partial charge in [-0.15, -0.1) is 11.8 Å². The minimum Gasteiger partial charge on any atom is -0.332 e. The SMILES string of the molecule is CC(C)(C)N[Si](C)(C)C1C2C=CC=CC2C2c3ccccc3SC21. The molecule has 3 aliphatic rings. The van der Waals surface area contributed by atoms with Gasteiger partial charge in [0.2, 0.25) is 0 Å². The van der Waals surface area contributed by atoms with Crippen molar-refractivity contribution in [3.8, 4) is 0 Å². The predicted octanol–water partition coefficient (Wildman–Crippen LogP) is 5.58. The molecule has 4 rings (SSSR count). The number of benzene rings is 1. The Labute approximate surface area is 152 Å². The van der Waals surface area contributed by atoms with E-state index in [1.807, 2.05) is 0 Å². The van der Waals surface area contributed by atoms with E-state index in [1.165, 1.54) is 4.90 Å². The van der Waals surface area contributed by atoms with E-state index in [4.69, 9.17) is 0 Å². The molecular formula is C21H29NSSi. The minimum absolute atomic E-state index is 0.188. The summed E-state index contributed by atoms with van der Waals surface area (Å²) in [5.41, 5.74) is 2.56. The highest BCUT2D eigenvalue weighted by molar-refractivity contribution is 8.00. The maximum Gasteiger partial charge on any atom is 0.124 e. The zero-order valence-corrected chi connectivity index (χ0v) is 17.2. The van der Waals surface area contributed by atoms with Crippen LogP contribution in [0.4, 0.5) is 0 Å². The van der Waals surface area contributed by atoms with Gasteiger partial charge in [0.15, 0.2) is 0 Å². The molecule has 0 spiro atoms. The number of thioether (sulfide) groups is 1. The number of hydrogen-bond donors (Lipinski definition) is 1. The second kappa shape index (κ2) is 5.62. The minimum atomic E-state index is -1.59. The molecule has 0 saturated heterocycles. The molecule has 0 amide bonds. The van der Waals surface area contributed by atoms with E-state index in [2.05, 4.69) is 99.2 Å². The van der Waals surface area contributed by atoms with Crippen molar-refractivity contribution in [1.82, 2.24) is 4.98 Å². The lowest BCUT2D eigenvalue weighted by atomic mass is 9.83. The number of nitrogens with one attached hydrogen (secondary N) is 1. The Balaban J connectivity index is 1.76. The van der Waals surface area contributed by atoms with E-state index in [9.17, 15) is 0 Å². The molecule has 1 aromatic rings. The molecule has 128 valence electrons. The van der Waals surface area contributed by atoms with Crippen LogP contribution in [-0.4, -0.2) is 19.0 Å². The summed E-state index contributed by atoms with van der Waals surface area (Å²) in [6.45, 7) is 12.1. The molecule has 1 N–H and O–H groups in total. The van der Waals surface area contributed by atoms with Crippen LogP contribution in [0.3, 0.4) is 0 Å². The number of fused-ring (bicyclic) bond motifs is 5. The van der Waals surface area contributed by atoms with E-state index < -0.39 is 8.24 Å². The Morgan fingerprint density at radius 1 is 1.00 bits per heavy atom. The van der Waals surface area contributed by atoms with Crippen LogP contribution >= 0.6 is 11.8 Å². The third-order valence-electron chi connectivity index (χ3n) is 5.83. The van der Waals surface area contributed by atoms with E-state index in [1.54, 1.807) is 5.56 Å². The summed E-state index contributed by atoms with van der Waals surface area (Å²) in [5, 5.41) is 0.723. The molecule has 2 aliphatic carbocycles. The van der Waals surface area contributed by atoms with Crippen molar-refractivity contribution in [2.45, 2.75) is 61.0 Å². The van der Waals surface area contributed by atoms with Crippen LogP contribution in [0.1, 0.15) is 32.3 Å². The summed E-state index contributed by atoms with van der Waals surface area (Å²) in [6, 6.07) is 9.14. The summed E-state index contributed by atoms with van der Waals surface area (Å²) in [4.78, 5) is 5.60. The number of allylic oxidation sites excluding steroid dienone is 4. The van der Waals surface area contributed by atoms with Gasteiger partial charge in [-0.3, -0.25) is 0 Å². The van der Waals surface area contributed by atoms with Crippen molar-refractivity contribution in [2.75, 3.05) is 0 Å². The lowest BCUT2D eigenvalue weighted by Crippen LogP contribution is -2.59. The monoisotopic (exact) mass is 355 g/mol. The molecule has 1 saturated carbocycles. The van der Waals surface area contributed by atoms with E-state index in [0.717, 1.165) is 10.8 Å². The van der Waals surface area contributed by atoms with Crippen LogP contribution in [0.25, 0.3) is 0 Å². The first kappa shape index (κ1) is 16.7. The summed E-state index contributed by atoms with van der Waals surface area (Å²) in [6.07, 6.45) is 9.56. The largest absolute Gasteiger partial charge is 0.332 e. The van der Waals surface area contributed by atoms with Crippen molar-refractivity contribution < 1.29 is 0 Å². The lowest BCUT2D eigenvalue weighted by Gasteiger charge is -2.42. The Bertz CT molecular complexity index is 700. The highest BCUT2D eigenvalue weighted by Gasteiger charge is 2.58. The third kappa shape index (κ3) is 2.65. The lowest BCUT2D eigenvalue weighted by molar-refractivity contribution is 0.480. The first-order valence-electron chi connectivity index (χ1n) is 9.18. The van der Waals surface area contributed by atoms with Crippen molar-refractivity contribution in [3.05, 3.63) is 54.1 Å². The smallest absolute Gasteiger partial charge is 0.124 e. The first-order chi connectivity index (χ1) is 11.3. The summed E-state index contributed by atoms with van der Waals surface area (Å²) >= 11 is 2.16. The second-order valence-electron chi connectivity index (χ2n) is 9.19. The average Bonchev–Trinajstić information content (AvgIpc) is 2.98. The molecule has 5 unspecified atom stereocenters. The quantitative estimate of drug-likeness (QED) is 0.695. The normalized spacial score (nSPS) is 34.1. The second-order valence-corrected chi connectivity index (χ2v) is 14.8. The summed E-state index contributed by atoms with van der Waals surface area (Å²) in [7, 11) is -1.59. The van der Waals surface area contributed by atoms with Crippen molar-refractivity contribution in [1.29, 1.82) is 0 Å². The summed E-state index contributed by atoms with van der Waals surface area (Å²) in [5.74, 6) is 2.06. The van der Waals surface area contributed by atoms with Gasteiger partial charge in [0.05, 0.1) is 0 Å². The van der Waals surface area contributed by atoms with Gasteiger partial charge in [-0.2, -0.15) is 0 Å². The molecular weight excluding hydrogens is 326 g/mol. The van der Waals surface area contributed by atoms with Crippen LogP contribution in [0.5, 0.6) is 0 Å². The molecule has 1 fully saturated rings. The van der Waals surface area contributed by atoms with Crippen LogP contribution < -0.4 is 4.98 Å². The molecule has 1 heterocycles. The van der Waals surface area contributed by atoms with Crippen molar-refractivity contribution in [3.63, 3.8) is 0 Å². The van der Waals surface area contributed by atoms with Crippen LogP contribution in [-0.2, 0) is 0 Å². The average molecular weight is 356 g/mol. The fraction of sp³-hybridized carbons (Fsp3) is 0.524. The van der Waals surface area contributed by atoms with E-state index >= 15 is 0 Å². The Morgan fingerprint density at radius 2 is 1.67 bits per heavy atom. The van der Waals surface area contributed by atoms with E-state index in [0.29, 0.717) is 17.8 Å². The van der Waals surface area contributed by atoms with Gasteiger partial charge in [0.1, 0.15) is 8.24 Å². The van der Waals surface area contributed by atoms with Crippen LogP contribution in [0, 0.1) is 11.8 Å². The highest BCUT2D eigenvalue weighted by Crippen LogP contribution is 2.65. The first-order valence-corrected chi connectivity index (χ1v) is 13.1. The third-order valence-corrected chi connectivity index (χ3v) is 11.4. The number of rotatable bonds is 2. The Morgan fingerprint density at radius 3 is 2.38 bits per heavy atom. The molecule has 0 aromatic heterocycles. The van der Waals surface area contributed by atoms with Crippen LogP contribution in [0.2, 0.25) is 18.6 Å². The zero-order valence-electron chi connectivity index (χ0n) is 15.4. The molecule has 1 aromatic carbocycles. The summed E-state index contributed by atoms with van der Waals surface area (Å²) < 4.78 is 0. The van der Waals surface area contributed by atoms with Crippen LogP contribution in [0.15, 0.2) is 53.5 Å². The fourth-order valence-corrected chi connectivity index (χ4v) is 12.7. The molecule has 1 aliphatic heterocycles. The maximum absolute atomic E-state index is 4.08. The molecule has 1 nitrogen and oxygen atoms in total. The molecule has 5 atom stereocenters. The molecule has 3 heteroatoms. The molecule has 24 heavy (non-hydrogen) atoms. The maximum atomic E-state index is 4.08. The van der Waals surface area contributed by atoms with Crippen molar-refractivity contribution >= 4 is 20.0 Å². The van der Waals surface area contributed by atoms with Gasteiger partial charge in [-0.05, 0) is 49.8 Å². The Kier molecular flexibility index (Phi) is 3.90. The van der Waals surface area contributed by atoms with Crippen molar-refractivity contribution in [2.24, 2.45) is 11.8 Å². The van der Waals surface area contributed by atoms with Gasteiger partial charge in [-0.25, -0.2) is 0 Å². The van der Waals surface area contributed by atoms with Gasteiger partial charge in [0, 0.05) is 21.6 Å². The predicted molar refractivity (Wildman–Crippen MR) is 108 cm³/mol. The molecule has 0 radical (unpaired) electrons. The highest BCUT2D eigenvalue weighted by atomic mass is 32.2. The fourth-order valence-electron chi connectivity index (χ4n) is 5.50. The van der Waals surface area contributed by atoms with Gasteiger partial charge >= 0.3 is 0 Å². The number of hydrogen-bond acceptors (Lipinski definition) is 2. The van der Waals surface area contributed by atoms with Gasteiger partial charge < -0.3 is 4.98 Å². The van der Waals surface area contributed by atoms with Gasteiger partial charge in [-0.1, -0.05) is 55.6 Å². The standard InChI is InChI=1S/C21H29NSSi/c1-21(2,3)22-24(4,5)20-15-11-7-6-10-14(15)18-16-12-8-9-13-17(16)23-19(18)20/h6-15,18-20,22H,1-5H3. The molecule has 0 bridgehead atoms. The topological polar surface area (TPSA) is 12.0 Å². The zero-order chi connectivity index (χ0) is 17.1. The van der Waals surface area contributed by atoms with E-state index in [-0.39, 0.29) is 5.54 Å². The Hall–Kier alpha value is -0.773. The van der Waals surface area contributed by atoms with Gasteiger partial charge in [0.25, 0.3) is 0 Å².